The Kier molecular flexibility index (Phi) is 9.54. The second kappa shape index (κ2) is 12.4. The summed E-state index contributed by atoms with van der Waals surface area (Å²) in [6.45, 7) is 2.10. The zero-order chi connectivity index (χ0) is 21.8. The number of carbonyl (C=O) groups excluding carboxylic acids is 2. The van der Waals surface area contributed by atoms with E-state index in [1.807, 2.05) is 24.3 Å². The molecule has 2 aromatic rings. The maximum Gasteiger partial charge on any atom is 0.250 e. The monoisotopic (exact) mass is 425 g/mol. The summed E-state index contributed by atoms with van der Waals surface area (Å²) in [5.41, 5.74) is 2.13. The van der Waals surface area contributed by atoms with Crippen molar-refractivity contribution < 1.29 is 14.3 Å². The minimum Gasteiger partial charge on any atom is -0.496 e. The molecule has 30 heavy (non-hydrogen) atoms. The van der Waals surface area contributed by atoms with Gasteiger partial charge < -0.3 is 15.4 Å². The van der Waals surface area contributed by atoms with Crippen molar-refractivity contribution >= 4 is 46.6 Å². The van der Waals surface area contributed by atoms with Crippen LogP contribution >= 0.6 is 12.2 Å². The number of carbonyl (C=O) groups is 2. The molecule has 0 aromatic heterocycles. The van der Waals surface area contributed by atoms with Crippen LogP contribution < -0.4 is 20.7 Å². The third kappa shape index (κ3) is 8.05. The van der Waals surface area contributed by atoms with Gasteiger partial charge in [0.1, 0.15) is 5.75 Å². The fourth-order valence-corrected chi connectivity index (χ4v) is 2.94. The van der Waals surface area contributed by atoms with E-state index in [2.05, 4.69) is 22.9 Å². The van der Waals surface area contributed by atoms with Crippen LogP contribution in [0.15, 0.2) is 54.6 Å². The van der Waals surface area contributed by atoms with Crippen molar-refractivity contribution in [2.75, 3.05) is 17.7 Å². The van der Waals surface area contributed by atoms with Gasteiger partial charge in [0.25, 0.3) is 0 Å². The predicted octanol–water partition coefficient (Wildman–Crippen LogP) is 4.74. The highest BCUT2D eigenvalue weighted by Crippen LogP contribution is 2.18. The number of amides is 2. The van der Waals surface area contributed by atoms with E-state index in [1.54, 1.807) is 37.5 Å². The number of anilines is 2. The number of rotatable bonds is 9. The SMILES string of the molecule is CCCCCC(=O)Nc1cccc(NC(=S)NC(=O)/C=C/c2ccccc2OC)c1. The number of para-hydroxylation sites is 1. The van der Waals surface area contributed by atoms with Crippen molar-refractivity contribution in [3.05, 3.63) is 60.2 Å². The van der Waals surface area contributed by atoms with Crippen molar-refractivity contribution in [1.82, 2.24) is 5.32 Å². The van der Waals surface area contributed by atoms with E-state index in [-0.39, 0.29) is 16.9 Å². The van der Waals surface area contributed by atoms with E-state index < -0.39 is 0 Å². The Morgan fingerprint density at radius 2 is 1.77 bits per heavy atom. The van der Waals surface area contributed by atoms with Gasteiger partial charge in [0.2, 0.25) is 11.8 Å². The van der Waals surface area contributed by atoms with Crippen LogP contribution in [0.3, 0.4) is 0 Å². The van der Waals surface area contributed by atoms with Crippen LogP contribution in [-0.4, -0.2) is 24.0 Å². The summed E-state index contributed by atoms with van der Waals surface area (Å²) < 4.78 is 5.25. The summed E-state index contributed by atoms with van der Waals surface area (Å²) in [4.78, 5) is 24.1. The Balaban J connectivity index is 1.87. The van der Waals surface area contributed by atoms with Crippen LogP contribution in [0, 0.1) is 0 Å². The molecular formula is C23H27N3O3S. The van der Waals surface area contributed by atoms with Crippen molar-refractivity contribution in [1.29, 1.82) is 0 Å². The molecule has 3 N–H and O–H groups in total. The smallest absolute Gasteiger partial charge is 0.250 e. The number of unbranched alkanes of at least 4 members (excludes halogenated alkanes) is 2. The first-order valence-electron chi connectivity index (χ1n) is 9.84. The number of nitrogens with one attached hydrogen (secondary N) is 3. The number of benzene rings is 2. The van der Waals surface area contributed by atoms with E-state index in [0.717, 1.165) is 24.8 Å². The van der Waals surface area contributed by atoms with Crippen molar-refractivity contribution in [3.63, 3.8) is 0 Å². The molecule has 2 amide bonds. The molecular weight excluding hydrogens is 398 g/mol. The van der Waals surface area contributed by atoms with Gasteiger partial charge in [-0.15, -0.1) is 0 Å². The molecule has 0 saturated heterocycles. The van der Waals surface area contributed by atoms with Gasteiger partial charge in [-0.05, 0) is 49.0 Å². The number of hydrogen-bond acceptors (Lipinski definition) is 4. The average molecular weight is 426 g/mol. The van der Waals surface area contributed by atoms with Gasteiger partial charge in [0.15, 0.2) is 5.11 Å². The Bertz CT molecular complexity index is 912. The highest BCUT2D eigenvalue weighted by atomic mass is 32.1. The third-order valence-corrected chi connectivity index (χ3v) is 4.41. The first kappa shape index (κ1) is 23.1. The molecule has 158 valence electrons. The first-order chi connectivity index (χ1) is 14.5. The number of methoxy groups -OCH3 is 1. The summed E-state index contributed by atoms with van der Waals surface area (Å²) in [7, 11) is 1.58. The fraction of sp³-hybridized carbons (Fsp3) is 0.261. The Labute approximate surface area is 182 Å². The van der Waals surface area contributed by atoms with Gasteiger partial charge in [0, 0.05) is 29.4 Å². The minimum absolute atomic E-state index is 0.0158. The highest BCUT2D eigenvalue weighted by molar-refractivity contribution is 7.80. The molecule has 2 aromatic carbocycles. The van der Waals surface area contributed by atoms with Gasteiger partial charge in [-0.3, -0.25) is 14.9 Å². The van der Waals surface area contributed by atoms with Crippen LogP contribution in [0.1, 0.15) is 38.2 Å². The van der Waals surface area contributed by atoms with Crippen LogP contribution in [0.2, 0.25) is 0 Å². The topological polar surface area (TPSA) is 79.5 Å². The average Bonchev–Trinajstić information content (AvgIpc) is 2.72. The molecule has 0 aliphatic heterocycles. The molecule has 0 bridgehead atoms. The third-order valence-electron chi connectivity index (χ3n) is 4.20. The quantitative estimate of drug-likeness (QED) is 0.307. The molecule has 7 heteroatoms. The maximum atomic E-state index is 12.1. The number of thiocarbonyl (C=S) groups is 1. The predicted molar refractivity (Wildman–Crippen MR) is 126 cm³/mol. The molecule has 0 aliphatic carbocycles. The van der Waals surface area contributed by atoms with Crippen molar-refractivity contribution in [2.24, 2.45) is 0 Å². The summed E-state index contributed by atoms with van der Waals surface area (Å²) in [6.07, 6.45) is 6.53. The molecule has 0 radical (unpaired) electrons. The largest absolute Gasteiger partial charge is 0.496 e. The second-order valence-electron chi connectivity index (χ2n) is 6.60. The van der Waals surface area contributed by atoms with Crippen molar-refractivity contribution in [3.8, 4) is 5.75 Å². The first-order valence-corrected chi connectivity index (χ1v) is 10.3. The highest BCUT2D eigenvalue weighted by Gasteiger charge is 2.06. The molecule has 2 rings (SSSR count). The molecule has 0 saturated carbocycles. The summed E-state index contributed by atoms with van der Waals surface area (Å²) >= 11 is 5.20. The van der Waals surface area contributed by atoms with Crippen LogP contribution in [0.25, 0.3) is 6.08 Å². The Morgan fingerprint density at radius 3 is 2.50 bits per heavy atom. The lowest BCUT2D eigenvalue weighted by Gasteiger charge is -2.10. The molecule has 6 nitrogen and oxygen atoms in total. The maximum absolute atomic E-state index is 12.1. The zero-order valence-electron chi connectivity index (χ0n) is 17.2. The van der Waals surface area contributed by atoms with Crippen LogP contribution in [-0.2, 0) is 9.59 Å². The molecule has 0 aliphatic rings. The Hall–Kier alpha value is -3.19. The molecule has 0 fully saturated rings. The molecule has 0 spiro atoms. The number of ether oxygens (including phenoxy) is 1. The van der Waals surface area contributed by atoms with E-state index in [9.17, 15) is 9.59 Å². The second-order valence-corrected chi connectivity index (χ2v) is 7.01. The molecule has 0 heterocycles. The van der Waals surface area contributed by atoms with E-state index >= 15 is 0 Å². The minimum atomic E-state index is -0.362. The lowest BCUT2D eigenvalue weighted by molar-refractivity contribution is -0.116. The standard InChI is InChI=1S/C23H27N3O3S/c1-3-4-5-13-21(27)24-18-10-8-11-19(16-18)25-23(30)26-22(28)15-14-17-9-6-7-12-20(17)29-2/h6-12,14-16H,3-5,13H2,1-2H3,(H,24,27)(H2,25,26,28,30)/b15-14+. The van der Waals surface area contributed by atoms with Gasteiger partial charge in [-0.2, -0.15) is 0 Å². The van der Waals surface area contributed by atoms with Crippen LogP contribution in [0.4, 0.5) is 11.4 Å². The van der Waals surface area contributed by atoms with Crippen LogP contribution in [0.5, 0.6) is 5.75 Å². The van der Waals surface area contributed by atoms with Gasteiger partial charge in [-0.25, -0.2) is 0 Å². The zero-order valence-corrected chi connectivity index (χ0v) is 18.1. The number of hydrogen-bond donors (Lipinski definition) is 3. The van der Waals surface area contributed by atoms with Crippen molar-refractivity contribution in [2.45, 2.75) is 32.6 Å². The van der Waals surface area contributed by atoms with Gasteiger partial charge in [-0.1, -0.05) is 44.0 Å². The molecule has 0 unspecified atom stereocenters. The summed E-state index contributed by atoms with van der Waals surface area (Å²) in [5.74, 6) is 0.299. The lowest BCUT2D eigenvalue weighted by atomic mass is 10.2. The normalized spacial score (nSPS) is 10.5. The van der Waals surface area contributed by atoms with Gasteiger partial charge >= 0.3 is 0 Å². The summed E-state index contributed by atoms with van der Waals surface area (Å²) in [5, 5.41) is 8.58. The molecule has 0 atom stereocenters. The van der Waals surface area contributed by atoms with E-state index in [1.165, 1.54) is 6.08 Å². The van der Waals surface area contributed by atoms with Gasteiger partial charge in [0.05, 0.1) is 7.11 Å². The Morgan fingerprint density at radius 1 is 1.03 bits per heavy atom. The van der Waals surface area contributed by atoms with E-state index in [0.29, 0.717) is 23.5 Å². The fourth-order valence-electron chi connectivity index (χ4n) is 2.72. The summed E-state index contributed by atoms with van der Waals surface area (Å²) in [6, 6.07) is 14.6. The van der Waals surface area contributed by atoms with E-state index in [4.69, 9.17) is 17.0 Å². The lowest BCUT2D eigenvalue weighted by Crippen LogP contribution is -2.32.